The fourth-order valence-corrected chi connectivity index (χ4v) is 3.68. The number of rotatable bonds is 5. The van der Waals surface area contributed by atoms with Crippen molar-refractivity contribution in [2.24, 2.45) is 0 Å². The van der Waals surface area contributed by atoms with Crippen molar-refractivity contribution >= 4 is 16.5 Å². The molecule has 0 bridgehead atoms. The van der Waals surface area contributed by atoms with Crippen molar-refractivity contribution in [2.45, 2.75) is 45.0 Å². The van der Waals surface area contributed by atoms with Gasteiger partial charge in [-0.3, -0.25) is 4.90 Å². The minimum atomic E-state index is -4.54. The summed E-state index contributed by atoms with van der Waals surface area (Å²) in [5.74, 6) is 0. The van der Waals surface area contributed by atoms with Crippen LogP contribution >= 0.6 is 11.3 Å². The van der Waals surface area contributed by atoms with E-state index in [0.717, 1.165) is 23.1 Å². The maximum absolute atomic E-state index is 12.8. The van der Waals surface area contributed by atoms with E-state index >= 15 is 0 Å². The summed E-state index contributed by atoms with van der Waals surface area (Å²) in [4.78, 5) is 9.51. The number of likely N-dealkylation sites (tertiary alicyclic amines) is 1. The number of hydrogen-bond acceptors (Lipinski definition) is 5. The van der Waals surface area contributed by atoms with Gasteiger partial charge >= 0.3 is 6.18 Å². The van der Waals surface area contributed by atoms with E-state index in [4.69, 9.17) is 0 Å². The molecule has 0 aliphatic carbocycles. The first-order valence-electron chi connectivity index (χ1n) is 7.50. The quantitative estimate of drug-likeness (QED) is 0.897. The Morgan fingerprint density at radius 3 is 2.41 bits per heavy atom. The molecular weight excluding hydrogens is 315 g/mol. The fraction of sp³-hybridized carbons (Fsp3) is 0.786. The smallest absolute Gasteiger partial charge is 0.380 e. The van der Waals surface area contributed by atoms with E-state index in [1.807, 2.05) is 4.90 Å². The van der Waals surface area contributed by atoms with Crippen LogP contribution in [0.3, 0.4) is 0 Å². The molecule has 0 atom stereocenters. The molecule has 1 aliphatic rings. The van der Waals surface area contributed by atoms with Crippen LogP contribution in [0.15, 0.2) is 6.20 Å². The normalized spacial score (nSPS) is 19.4. The van der Waals surface area contributed by atoms with E-state index in [1.165, 1.54) is 0 Å². The number of piperidine rings is 1. The number of aromatic nitrogens is 1. The van der Waals surface area contributed by atoms with Crippen molar-refractivity contribution in [1.82, 2.24) is 9.88 Å². The van der Waals surface area contributed by atoms with Gasteiger partial charge in [0.2, 0.25) is 0 Å². The van der Waals surface area contributed by atoms with Gasteiger partial charge in [-0.25, -0.2) is 4.98 Å². The van der Waals surface area contributed by atoms with E-state index in [2.05, 4.69) is 23.7 Å². The molecule has 1 aromatic rings. The summed E-state index contributed by atoms with van der Waals surface area (Å²) in [6.45, 7) is 6.97. The van der Waals surface area contributed by atoms with Crippen molar-refractivity contribution in [3.8, 4) is 0 Å². The highest BCUT2D eigenvalue weighted by molar-refractivity contribution is 7.15. The predicted molar refractivity (Wildman–Crippen MR) is 81.2 cm³/mol. The maximum atomic E-state index is 12.8. The average molecular weight is 337 g/mol. The van der Waals surface area contributed by atoms with E-state index in [0.29, 0.717) is 6.54 Å². The van der Waals surface area contributed by atoms with Crippen LogP contribution in [-0.2, 0) is 6.54 Å². The molecular formula is C14H22F3N3OS. The van der Waals surface area contributed by atoms with Gasteiger partial charge in [0.15, 0.2) is 10.7 Å². The van der Waals surface area contributed by atoms with Gasteiger partial charge in [0.1, 0.15) is 0 Å². The van der Waals surface area contributed by atoms with Gasteiger partial charge in [0.05, 0.1) is 0 Å². The molecule has 2 heterocycles. The van der Waals surface area contributed by atoms with Crippen molar-refractivity contribution in [3.63, 3.8) is 0 Å². The lowest BCUT2D eigenvalue weighted by Crippen LogP contribution is -2.53. The molecule has 126 valence electrons. The molecule has 8 heteroatoms. The number of anilines is 1. The lowest BCUT2D eigenvalue weighted by molar-refractivity contribution is -0.272. The summed E-state index contributed by atoms with van der Waals surface area (Å²) in [6, 6.07) is 0. The number of thiazole rings is 1. The summed E-state index contributed by atoms with van der Waals surface area (Å²) < 4.78 is 38.3. The van der Waals surface area contributed by atoms with Gasteiger partial charge in [-0.1, -0.05) is 0 Å². The molecule has 0 spiro atoms. The standard InChI is InChI=1S/C14H22F3N3OS/c1-3-20(4-2)12-18-9-11(22-12)10-19-7-5-13(21,6-8-19)14(15,16)17/h9,21H,3-8,10H2,1-2H3. The highest BCUT2D eigenvalue weighted by Gasteiger charge is 2.54. The Bertz CT molecular complexity index is 480. The molecule has 0 radical (unpaired) electrons. The zero-order chi connectivity index (χ0) is 16.4. The minimum absolute atomic E-state index is 0.245. The van der Waals surface area contributed by atoms with Gasteiger partial charge in [0, 0.05) is 43.8 Å². The lowest BCUT2D eigenvalue weighted by atomic mass is 9.91. The topological polar surface area (TPSA) is 39.6 Å². The molecule has 2 rings (SSSR count). The van der Waals surface area contributed by atoms with Gasteiger partial charge in [-0.2, -0.15) is 13.2 Å². The molecule has 1 aliphatic heterocycles. The predicted octanol–water partition coefficient (Wildman–Crippen LogP) is 2.88. The minimum Gasteiger partial charge on any atom is -0.380 e. The molecule has 0 saturated carbocycles. The van der Waals surface area contributed by atoms with E-state index in [1.54, 1.807) is 17.5 Å². The largest absolute Gasteiger partial charge is 0.417 e. The van der Waals surface area contributed by atoms with E-state index < -0.39 is 11.8 Å². The van der Waals surface area contributed by atoms with Crippen LogP contribution in [0.1, 0.15) is 31.6 Å². The summed E-state index contributed by atoms with van der Waals surface area (Å²) in [7, 11) is 0. The van der Waals surface area contributed by atoms with Crippen LogP contribution in [0, 0.1) is 0 Å². The van der Waals surface area contributed by atoms with Crippen LogP contribution in [0.25, 0.3) is 0 Å². The fourth-order valence-electron chi connectivity index (χ4n) is 2.60. The monoisotopic (exact) mass is 337 g/mol. The van der Waals surface area contributed by atoms with Crippen LogP contribution in [0.4, 0.5) is 18.3 Å². The number of hydrogen-bond donors (Lipinski definition) is 1. The molecule has 0 amide bonds. The Labute approximate surface area is 132 Å². The first-order chi connectivity index (χ1) is 10.3. The average Bonchev–Trinajstić information content (AvgIpc) is 2.90. The van der Waals surface area contributed by atoms with Gasteiger partial charge in [-0.15, -0.1) is 11.3 Å². The molecule has 4 nitrogen and oxygen atoms in total. The Morgan fingerprint density at radius 1 is 1.32 bits per heavy atom. The molecule has 0 unspecified atom stereocenters. The summed E-state index contributed by atoms with van der Waals surface area (Å²) in [5, 5.41) is 10.6. The summed E-state index contributed by atoms with van der Waals surface area (Å²) in [5.41, 5.74) is -2.52. The van der Waals surface area contributed by atoms with Crippen molar-refractivity contribution < 1.29 is 18.3 Å². The molecule has 1 N–H and O–H groups in total. The zero-order valence-corrected chi connectivity index (χ0v) is 13.7. The number of nitrogens with zero attached hydrogens (tertiary/aromatic N) is 3. The van der Waals surface area contributed by atoms with Crippen molar-refractivity contribution in [3.05, 3.63) is 11.1 Å². The second-order valence-corrected chi connectivity index (χ2v) is 6.68. The lowest BCUT2D eigenvalue weighted by Gasteiger charge is -2.38. The Morgan fingerprint density at radius 2 is 1.91 bits per heavy atom. The highest BCUT2D eigenvalue weighted by Crippen LogP contribution is 2.38. The third-order valence-electron chi connectivity index (χ3n) is 4.17. The van der Waals surface area contributed by atoms with Crippen LogP contribution in [-0.4, -0.2) is 52.9 Å². The summed E-state index contributed by atoms with van der Waals surface area (Å²) >= 11 is 1.58. The Kier molecular flexibility index (Phi) is 5.34. The molecule has 1 saturated heterocycles. The van der Waals surface area contributed by atoms with Gasteiger partial charge in [0.25, 0.3) is 0 Å². The first kappa shape index (κ1) is 17.5. The van der Waals surface area contributed by atoms with Crippen molar-refractivity contribution in [2.75, 3.05) is 31.1 Å². The Hall–Kier alpha value is -0.860. The Balaban J connectivity index is 1.92. The SMILES string of the molecule is CCN(CC)c1ncc(CN2CCC(O)(C(F)(F)F)CC2)s1. The zero-order valence-electron chi connectivity index (χ0n) is 12.9. The third kappa shape index (κ3) is 3.72. The number of halogens is 3. The molecule has 1 fully saturated rings. The number of alkyl halides is 3. The van der Waals surface area contributed by atoms with Gasteiger partial charge < -0.3 is 10.0 Å². The van der Waals surface area contributed by atoms with Crippen LogP contribution in [0.5, 0.6) is 0 Å². The van der Waals surface area contributed by atoms with Crippen LogP contribution in [0.2, 0.25) is 0 Å². The first-order valence-corrected chi connectivity index (χ1v) is 8.32. The third-order valence-corrected chi connectivity index (χ3v) is 5.21. The van der Waals surface area contributed by atoms with Crippen LogP contribution < -0.4 is 4.90 Å². The summed E-state index contributed by atoms with van der Waals surface area (Å²) in [6.07, 6.45) is -3.28. The molecule has 0 aromatic carbocycles. The second kappa shape index (κ2) is 6.72. The van der Waals surface area contributed by atoms with Gasteiger partial charge in [-0.05, 0) is 26.7 Å². The maximum Gasteiger partial charge on any atom is 0.417 e. The van der Waals surface area contributed by atoms with E-state index in [9.17, 15) is 18.3 Å². The highest BCUT2D eigenvalue weighted by atomic mass is 32.1. The molecule has 1 aromatic heterocycles. The molecule has 22 heavy (non-hydrogen) atoms. The van der Waals surface area contributed by atoms with E-state index in [-0.39, 0.29) is 25.9 Å². The number of aliphatic hydroxyl groups is 1. The van der Waals surface area contributed by atoms with Crippen molar-refractivity contribution in [1.29, 1.82) is 0 Å². The second-order valence-electron chi connectivity index (χ2n) is 5.59.